The molecule has 2 aromatic carbocycles. The summed E-state index contributed by atoms with van der Waals surface area (Å²) in [5.74, 6) is 3.25. The molecule has 2 aliphatic carbocycles. The van der Waals surface area contributed by atoms with Gasteiger partial charge >= 0.3 is 0 Å². The van der Waals surface area contributed by atoms with Gasteiger partial charge in [-0.1, -0.05) is 26.0 Å². The maximum absolute atomic E-state index is 14.6. The fourth-order valence-corrected chi connectivity index (χ4v) is 5.82. The van der Waals surface area contributed by atoms with E-state index in [1.807, 2.05) is 50.7 Å². The van der Waals surface area contributed by atoms with Gasteiger partial charge in [0.2, 0.25) is 0 Å². The third-order valence-corrected chi connectivity index (χ3v) is 8.21. The molecule has 0 radical (unpaired) electrons. The molecule has 0 spiro atoms. The van der Waals surface area contributed by atoms with E-state index in [0.717, 1.165) is 53.3 Å². The molecule has 0 bridgehead atoms. The van der Waals surface area contributed by atoms with Crippen molar-refractivity contribution in [2.75, 3.05) is 24.2 Å². The van der Waals surface area contributed by atoms with Crippen molar-refractivity contribution in [1.29, 1.82) is 0 Å². The zero-order chi connectivity index (χ0) is 23.8. The summed E-state index contributed by atoms with van der Waals surface area (Å²) in [5.41, 5.74) is 6.44. The quantitative estimate of drug-likeness (QED) is 0.382. The van der Waals surface area contributed by atoms with Crippen LogP contribution in [-0.2, 0) is 13.0 Å². The van der Waals surface area contributed by atoms with Crippen molar-refractivity contribution in [1.82, 2.24) is 4.98 Å². The first-order valence-corrected chi connectivity index (χ1v) is 13.7. The fourth-order valence-electron chi connectivity index (χ4n) is 5.16. The van der Waals surface area contributed by atoms with Gasteiger partial charge in [-0.2, -0.15) is 11.8 Å². The monoisotopic (exact) mass is 476 g/mol. The fraction of sp³-hybridized carbons (Fsp3) is 0.414. The number of anilines is 1. The van der Waals surface area contributed by atoms with Gasteiger partial charge in [-0.15, -0.1) is 0 Å². The highest BCUT2D eigenvalue weighted by atomic mass is 32.2. The minimum absolute atomic E-state index is 0.222. The first-order valence-electron chi connectivity index (χ1n) is 12.4. The van der Waals surface area contributed by atoms with E-state index in [0.29, 0.717) is 10.8 Å². The Labute approximate surface area is 206 Å². The van der Waals surface area contributed by atoms with Crippen molar-refractivity contribution >= 4 is 17.6 Å². The molecular weight excluding hydrogens is 443 g/mol. The summed E-state index contributed by atoms with van der Waals surface area (Å²) < 4.78 is 20.6. The molecule has 1 saturated heterocycles. The number of thioether (sulfide) groups is 1. The molecule has 0 N–H and O–H groups in total. The Hall–Kier alpha value is -2.53. The number of halogens is 1. The summed E-state index contributed by atoms with van der Waals surface area (Å²) in [5, 5.41) is 0.702. The first kappa shape index (κ1) is 23.2. The minimum atomic E-state index is -0.234. The van der Waals surface area contributed by atoms with Crippen LogP contribution in [0.15, 0.2) is 48.5 Å². The van der Waals surface area contributed by atoms with Crippen molar-refractivity contribution in [3.63, 3.8) is 0 Å². The molecule has 2 fully saturated rings. The molecule has 1 aromatic heterocycles. The van der Waals surface area contributed by atoms with Crippen molar-refractivity contribution in [3.8, 4) is 16.9 Å². The molecule has 2 unspecified atom stereocenters. The van der Waals surface area contributed by atoms with E-state index in [9.17, 15) is 4.39 Å². The van der Waals surface area contributed by atoms with Crippen LogP contribution >= 0.6 is 11.8 Å². The number of pyridine rings is 1. The third-order valence-electron chi connectivity index (χ3n) is 7.25. The zero-order valence-electron chi connectivity index (χ0n) is 20.5. The van der Waals surface area contributed by atoms with Gasteiger partial charge in [0.05, 0.1) is 0 Å². The second-order valence-electron chi connectivity index (χ2n) is 9.33. The third kappa shape index (κ3) is 4.43. The number of ether oxygens (including phenoxy) is 1. The number of nitrogens with zero attached hydrogens (tertiary/aromatic N) is 2. The SMILES string of the molecule is CC.CSC1CN(c2ccc(-c3ccc(F)c(COc4ccc5c(c4)CC4CC54)c3)c(C)n2)C1. The molecule has 34 heavy (non-hydrogen) atoms. The Morgan fingerprint density at radius 2 is 1.91 bits per heavy atom. The number of hydrogen-bond donors (Lipinski definition) is 0. The first-order chi connectivity index (χ1) is 16.6. The number of aryl methyl sites for hydroxylation is 1. The predicted molar refractivity (Wildman–Crippen MR) is 141 cm³/mol. The van der Waals surface area contributed by atoms with Crippen LogP contribution in [0.3, 0.4) is 0 Å². The molecule has 3 aliphatic rings. The Bertz CT molecular complexity index is 1190. The molecule has 1 aliphatic heterocycles. The normalized spacial score (nSPS) is 20.1. The lowest BCUT2D eigenvalue weighted by Gasteiger charge is -2.39. The van der Waals surface area contributed by atoms with Crippen LogP contribution in [0.5, 0.6) is 5.75 Å². The van der Waals surface area contributed by atoms with Crippen LogP contribution in [0.25, 0.3) is 11.1 Å². The highest BCUT2D eigenvalue weighted by Crippen LogP contribution is 2.56. The number of fused-ring (bicyclic) bond motifs is 3. The molecule has 1 saturated carbocycles. The van der Waals surface area contributed by atoms with Crippen LogP contribution in [0.2, 0.25) is 0 Å². The van der Waals surface area contributed by atoms with Gasteiger partial charge in [-0.25, -0.2) is 9.37 Å². The van der Waals surface area contributed by atoms with E-state index in [-0.39, 0.29) is 12.4 Å². The molecule has 3 nitrogen and oxygen atoms in total. The Balaban J connectivity index is 0.00000117. The summed E-state index contributed by atoms with van der Waals surface area (Å²) >= 11 is 1.91. The minimum Gasteiger partial charge on any atom is -0.489 e. The van der Waals surface area contributed by atoms with Gasteiger partial charge in [0.15, 0.2) is 0 Å². The van der Waals surface area contributed by atoms with E-state index < -0.39 is 0 Å². The second kappa shape index (κ2) is 9.61. The molecular formula is C29H33FN2OS. The number of aromatic nitrogens is 1. The largest absolute Gasteiger partial charge is 0.489 e. The van der Waals surface area contributed by atoms with E-state index in [2.05, 4.69) is 35.4 Å². The lowest BCUT2D eigenvalue weighted by atomic mass is 10.0. The Morgan fingerprint density at radius 1 is 1.09 bits per heavy atom. The predicted octanol–water partition coefficient (Wildman–Crippen LogP) is 7.01. The number of hydrogen-bond acceptors (Lipinski definition) is 4. The average Bonchev–Trinajstić information content (AvgIpc) is 3.50. The molecule has 0 amide bonds. The van der Waals surface area contributed by atoms with Gasteiger partial charge in [0, 0.05) is 35.2 Å². The number of benzene rings is 2. The standard InChI is InChI=1S/C27H27FN2OS.C2H6/c1-16-23(6-8-27(29-16)30-13-22(14-30)32-2)17-3-7-26(28)20(9-17)15-31-21-4-5-24-18(11-21)10-19-12-25(19)24;1-2/h3-9,11,19,22,25H,10,12-15H2,1-2H3;1-2H3. The maximum Gasteiger partial charge on any atom is 0.129 e. The van der Waals surface area contributed by atoms with E-state index in [4.69, 9.17) is 9.72 Å². The summed E-state index contributed by atoms with van der Waals surface area (Å²) in [4.78, 5) is 7.13. The van der Waals surface area contributed by atoms with E-state index in [1.54, 1.807) is 0 Å². The molecule has 3 aromatic rings. The lowest BCUT2D eigenvalue weighted by Crippen LogP contribution is -2.49. The van der Waals surface area contributed by atoms with Gasteiger partial charge in [0.1, 0.15) is 24.0 Å². The highest BCUT2D eigenvalue weighted by Gasteiger charge is 2.44. The second-order valence-corrected chi connectivity index (χ2v) is 10.5. The summed E-state index contributed by atoms with van der Waals surface area (Å²) in [7, 11) is 0. The van der Waals surface area contributed by atoms with Crippen molar-refractivity contribution in [3.05, 3.63) is 76.7 Å². The zero-order valence-corrected chi connectivity index (χ0v) is 21.3. The van der Waals surface area contributed by atoms with Crippen LogP contribution in [0, 0.1) is 18.7 Å². The van der Waals surface area contributed by atoms with Crippen LogP contribution in [-0.4, -0.2) is 29.6 Å². The lowest BCUT2D eigenvalue weighted by molar-refractivity contribution is 0.299. The van der Waals surface area contributed by atoms with Crippen LogP contribution < -0.4 is 9.64 Å². The van der Waals surface area contributed by atoms with Gasteiger partial charge in [-0.3, -0.25) is 0 Å². The Kier molecular flexibility index (Phi) is 6.57. The van der Waals surface area contributed by atoms with E-state index >= 15 is 0 Å². The van der Waals surface area contributed by atoms with Gasteiger partial charge in [-0.05, 0) is 90.9 Å². The number of rotatable bonds is 6. The smallest absolute Gasteiger partial charge is 0.129 e. The summed E-state index contributed by atoms with van der Waals surface area (Å²) in [6, 6.07) is 15.8. The molecule has 178 valence electrons. The van der Waals surface area contributed by atoms with Crippen molar-refractivity contribution in [2.24, 2.45) is 5.92 Å². The highest BCUT2D eigenvalue weighted by molar-refractivity contribution is 7.99. The van der Waals surface area contributed by atoms with Crippen LogP contribution in [0.4, 0.5) is 10.2 Å². The van der Waals surface area contributed by atoms with E-state index in [1.165, 1.54) is 30.0 Å². The molecule has 2 atom stereocenters. The topological polar surface area (TPSA) is 25.4 Å². The molecule has 6 rings (SSSR count). The van der Waals surface area contributed by atoms with Gasteiger partial charge in [0.25, 0.3) is 0 Å². The molecule has 2 heterocycles. The molecule has 5 heteroatoms. The van der Waals surface area contributed by atoms with Crippen LogP contribution in [0.1, 0.15) is 48.6 Å². The average molecular weight is 477 g/mol. The van der Waals surface area contributed by atoms with Crippen molar-refractivity contribution < 1.29 is 9.13 Å². The van der Waals surface area contributed by atoms with Crippen molar-refractivity contribution in [2.45, 2.75) is 51.4 Å². The maximum atomic E-state index is 14.6. The van der Waals surface area contributed by atoms with Gasteiger partial charge < -0.3 is 9.64 Å². The summed E-state index contributed by atoms with van der Waals surface area (Å²) in [6.45, 7) is 8.35. The summed E-state index contributed by atoms with van der Waals surface area (Å²) in [6.07, 6.45) is 4.67. The Morgan fingerprint density at radius 3 is 2.68 bits per heavy atom.